The minimum atomic E-state index is -1.01. The lowest BCUT2D eigenvalue weighted by Crippen LogP contribution is -2.41. The van der Waals surface area contributed by atoms with Crippen molar-refractivity contribution in [3.63, 3.8) is 0 Å². The number of amides is 3. The highest BCUT2D eigenvalue weighted by atomic mass is 19.1. The summed E-state index contributed by atoms with van der Waals surface area (Å²) in [7, 11) is 0. The Labute approximate surface area is 152 Å². The van der Waals surface area contributed by atoms with Gasteiger partial charge in [-0.3, -0.25) is 24.5 Å². The molecule has 10 heteroatoms. The molecule has 0 bridgehead atoms. The lowest BCUT2D eigenvalue weighted by atomic mass is 10.1. The van der Waals surface area contributed by atoms with Gasteiger partial charge in [-0.05, 0) is 31.2 Å². The van der Waals surface area contributed by atoms with E-state index in [1.165, 1.54) is 31.2 Å². The van der Waals surface area contributed by atoms with Gasteiger partial charge in [0.2, 0.25) is 5.91 Å². The van der Waals surface area contributed by atoms with Gasteiger partial charge in [-0.15, -0.1) is 0 Å². The molecule has 9 nitrogen and oxygen atoms in total. The molecule has 3 amide bonds. The van der Waals surface area contributed by atoms with Crippen molar-refractivity contribution in [3.8, 4) is 0 Å². The lowest BCUT2D eigenvalue weighted by Gasteiger charge is -2.14. The molecule has 2 aromatic rings. The number of benzene rings is 2. The second kappa shape index (κ2) is 8.04. The highest BCUT2D eigenvalue weighted by Crippen LogP contribution is 2.15. The maximum Gasteiger partial charge on any atom is 0.270 e. The van der Waals surface area contributed by atoms with Crippen molar-refractivity contribution in [3.05, 3.63) is 69.5 Å². The molecule has 0 radical (unpaired) electrons. The third-order valence-electron chi connectivity index (χ3n) is 3.56. The first kappa shape index (κ1) is 19.5. The highest BCUT2D eigenvalue weighted by molar-refractivity contribution is 6.02. The number of anilines is 1. The van der Waals surface area contributed by atoms with Gasteiger partial charge in [0, 0.05) is 23.4 Å². The van der Waals surface area contributed by atoms with Gasteiger partial charge in [0.1, 0.15) is 11.9 Å². The number of carbonyl (C=O) groups is 3. The SMILES string of the molecule is CC(NC(=O)c1cccc([N+](=O)[O-])c1)C(=O)Nc1ccc(F)c(C(N)=O)c1. The van der Waals surface area contributed by atoms with Crippen LogP contribution < -0.4 is 16.4 Å². The first-order valence-corrected chi connectivity index (χ1v) is 7.64. The maximum absolute atomic E-state index is 13.4. The van der Waals surface area contributed by atoms with Gasteiger partial charge in [-0.2, -0.15) is 0 Å². The zero-order valence-corrected chi connectivity index (χ0v) is 14.1. The van der Waals surface area contributed by atoms with Crippen LogP contribution in [0.2, 0.25) is 0 Å². The summed E-state index contributed by atoms with van der Waals surface area (Å²) in [4.78, 5) is 45.6. The fourth-order valence-electron chi connectivity index (χ4n) is 2.15. The van der Waals surface area contributed by atoms with Crippen molar-refractivity contribution in [1.82, 2.24) is 5.32 Å². The summed E-state index contributed by atoms with van der Waals surface area (Å²) in [5.41, 5.74) is 4.53. The van der Waals surface area contributed by atoms with Crippen LogP contribution in [-0.4, -0.2) is 28.7 Å². The minimum Gasteiger partial charge on any atom is -0.366 e. The van der Waals surface area contributed by atoms with E-state index in [0.29, 0.717) is 0 Å². The third-order valence-corrected chi connectivity index (χ3v) is 3.56. The molecule has 2 aromatic carbocycles. The van der Waals surface area contributed by atoms with Gasteiger partial charge in [0.05, 0.1) is 10.5 Å². The topological polar surface area (TPSA) is 144 Å². The largest absolute Gasteiger partial charge is 0.366 e. The number of halogens is 1. The molecule has 0 spiro atoms. The number of carbonyl (C=O) groups excluding carboxylic acids is 3. The van der Waals surface area contributed by atoms with Crippen LogP contribution in [0.1, 0.15) is 27.6 Å². The lowest BCUT2D eigenvalue weighted by molar-refractivity contribution is -0.384. The van der Waals surface area contributed by atoms with Crippen molar-refractivity contribution in [1.29, 1.82) is 0 Å². The fourth-order valence-corrected chi connectivity index (χ4v) is 2.15. The van der Waals surface area contributed by atoms with E-state index in [9.17, 15) is 28.9 Å². The van der Waals surface area contributed by atoms with Crippen molar-refractivity contribution >= 4 is 29.1 Å². The summed E-state index contributed by atoms with van der Waals surface area (Å²) in [6.45, 7) is 1.39. The van der Waals surface area contributed by atoms with Gasteiger partial charge < -0.3 is 16.4 Å². The molecule has 4 N–H and O–H groups in total. The molecule has 140 valence electrons. The second-order valence-corrected chi connectivity index (χ2v) is 5.55. The molecule has 27 heavy (non-hydrogen) atoms. The van der Waals surface area contributed by atoms with Crippen LogP contribution in [0.4, 0.5) is 15.8 Å². The van der Waals surface area contributed by atoms with Crippen LogP contribution in [0.15, 0.2) is 42.5 Å². The summed E-state index contributed by atoms with van der Waals surface area (Å²) >= 11 is 0. The van der Waals surface area contributed by atoms with E-state index in [0.717, 1.165) is 18.2 Å². The predicted octanol–water partition coefficient (Wildman–Crippen LogP) is 1.59. The van der Waals surface area contributed by atoms with Gasteiger partial charge in [0.15, 0.2) is 0 Å². The Bertz CT molecular complexity index is 931. The minimum absolute atomic E-state index is 0.0154. The van der Waals surface area contributed by atoms with Crippen LogP contribution in [0.25, 0.3) is 0 Å². The Morgan fingerprint density at radius 1 is 1.19 bits per heavy atom. The van der Waals surface area contributed by atoms with E-state index in [1.807, 2.05) is 0 Å². The zero-order valence-electron chi connectivity index (χ0n) is 14.1. The standard InChI is InChI=1S/C17H15FN4O5/c1-9(20-17(25)10-3-2-4-12(7-10)22(26)27)16(24)21-11-5-6-14(18)13(8-11)15(19)23/h2-9H,1H3,(H2,19,23)(H,20,25)(H,21,24). The number of nitrogens with two attached hydrogens (primary N) is 1. The quantitative estimate of drug-likeness (QED) is 0.519. The van der Waals surface area contributed by atoms with E-state index in [-0.39, 0.29) is 22.5 Å². The smallest absolute Gasteiger partial charge is 0.270 e. The van der Waals surface area contributed by atoms with Crippen molar-refractivity contribution in [2.45, 2.75) is 13.0 Å². The number of hydrogen-bond donors (Lipinski definition) is 3. The van der Waals surface area contributed by atoms with E-state index in [2.05, 4.69) is 10.6 Å². The van der Waals surface area contributed by atoms with Crippen LogP contribution >= 0.6 is 0 Å². The van der Waals surface area contributed by atoms with E-state index in [4.69, 9.17) is 5.73 Å². The van der Waals surface area contributed by atoms with Gasteiger partial charge >= 0.3 is 0 Å². The molecule has 0 aliphatic carbocycles. The van der Waals surface area contributed by atoms with Crippen LogP contribution in [-0.2, 0) is 4.79 Å². The molecule has 0 saturated heterocycles. The maximum atomic E-state index is 13.4. The average Bonchev–Trinajstić information content (AvgIpc) is 2.62. The van der Waals surface area contributed by atoms with Crippen LogP contribution in [0.5, 0.6) is 0 Å². The number of nitrogens with zero attached hydrogens (tertiary/aromatic N) is 1. The second-order valence-electron chi connectivity index (χ2n) is 5.55. The summed E-state index contributed by atoms with van der Waals surface area (Å²) < 4.78 is 13.4. The normalized spacial score (nSPS) is 11.3. The van der Waals surface area contributed by atoms with Crippen molar-refractivity contribution in [2.24, 2.45) is 5.73 Å². The van der Waals surface area contributed by atoms with E-state index >= 15 is 0 Å². The number of primary amides is 1. The van der Waals surface area contributed by atoms with Gasteiger partial charge in [-0.1, -0.05) is 6.07 Å². The molecule has 0 aliphatic heterocycles. The van der Waals surface area contributed by atoms with E-state index < -0.39 is 34.5 Å². The first-order chi connectivity index (χ1) is 12.7. The Kier molecular flexibility index (Phi) is 5.81. The predicted molar refractivity (Wildman–Crippen MR) is 93.6 cm³/mol. The molecule has 0 aromatic heterocycles. The van der Waals surface area contributed by atoms with Crippen LogP contribution in [0, 0.1) is 15.9 Å². The Balaban J connectivity index is 2.06. The van der Waals surface area contributed by atoms with E-state index in [1.54, 1.807) is 0 Å². The molecule has 0 saturated carbocycles. The Morgan fingerprint density at radius 2 is 1.89 bits per heavy atom. The zero-order chi connectivity index (χ0) is 20.1. The summed E-state index contributed by atoms with van der Waals surface area (Å²) in [5, 5.41) is 15.6. The Morgan fingerprint density at radius 3 is 2.52 bits per heavy atom. The van der Waals surface area contributed by atoms with Crippen LogP contribution in [0.3, 0.4) is 0 Å². The number of rotatable bonds is 6. The number of non-ortho nitro benzene ring substituents is 1. The summed E-state index contributed by atoms with van der Waals surface area (Å²) in [6, 6.07) is 7.30. The Hall–Kier alpha value is -3.82. The number of hydrogen-bond acceptors (Lipinski definition) is 5. The fraction of sp³-hybridized carbons (Fsp3) is 0.118. The molecular formula is C17H15FN4O5. The average molecular weight is 374 g/mol. The molecule has 0 aliphatic rings. The molecule has 0 heterocycles. The number of nitro benzene ring substituents is 1. The van der Waals surface area contributed by atoms with Gasteiger partial charge in [-0.25, -0.2) is 4.39 Å². The molecular weight excluding hydrogens is 359 g/mol. The molecule has 1 unspecified atom stereocenters. The third kappa shape index (κ3) is 4.84. The molecule has 1 atom stereocenters. The summed E-state index contributed by atoms with van der Waals surface area (Å²) in [6.07, 6.45) is 0. The first-order valence-electron chi connectivity index (χ1n) is 7.64. The molecule has 2 rings (SSSR count). The van der Waals surface area contributed by atoms with Crippen molar-refractivity contribution < 1.29 is 23.7 Å². The highest BCUT2D eigenvalue weighted by Gasteiger charge is 2.19. The number of nitrogens with one attached hydrogen (secondary N) is 2. The van der Waals surface area contributed by atoms with Gasteiger partial charge in [0.25, 0.3) is 17.5 Å². The monoisotopic (exact) mass is 374 g/mol. The van der Waals surface area contributed by atoms with Crippen molar-refractivity contribution in [2.75, 3.05) is 5.32 Å². The molecule has 0 fully saturated rings. The summed E-state index contributed by atoms with van der Waals surface area (Å²) in [5.74, 6) is -3.14. The number of nitro groups is 1.